The summed E-state index contributed by atoms with van der Waals surface area (Å²) >= 11 is 0. The molecule has 0 spiro atoms. The molecule has 1 aliphatic heterocycles. The lowest BCUT2D eigenvalue weighted by Crippen LogP contribution is -2.50. The van der Waals surface area contributed by atoms with Gasteiger partial charge in [-0.25, -0.2) is 0 Å². The van der Waals surface area contributed by atoms with Crippen LogP contribution >= 0.6 is 0 Å². The van der Waals surface area contributed by atoms with Crippen LogP contribution in [0.15, 0.2) is 0 Å². The molecule has 1 aliphatic carbocycles. The molecular weight excluding hydrogens is 188 g/mol. The van der Waals surface area contributed by atoms with E-state index in [1.54, 1.807) is 0 Å². The van der Waals surface area contributed by atoms with Gasteiger partial charge in [-0.3, -0.25) is 4.79 Å². The number of carbonyl (C=O) groups excluding carboxylic acids is 1. The van der Waals surface area contributed by atoms with Gasteiger partial charge in [0.25, 0.3) is 0 Å². The average Bonchev–Trinajstić information content (AvgIpc) is 2.76. The summed E-state index contributed by atoms with van der Waals surface area (Å²) in [7, 11) is 0. The molecule has 15 heavy (non-hydrogen) atoms. The van der Waals surface area contributed by atoms with Crippen LogP contribution in [0.25, 0.3) is 0 Å². The van der Waals surface area contributed by atoms with Gasteiger partial charge in [-0.15, -0.1) is 0 Å². The topological polar surface area (TPSA) is 41.1 Å². The maximum Gasteiger partial charge on any atom is 0.227 e. The highest BCUT2D eigenvalue weighted by molar-refractivity contribution is 5.83. The number of nitrogens with one attached hydrogen (secondary N) is 2. The third-order valence-electron chi connectivity index (χ3n) is 4.04. The van der Waals surface area contributed by atoms with E-state index in [4.69, 9.17) is 0 Å². The molecule has 1 saturated heterocycles. The fourth-order valence-corrected chi connectivity index (χ4v) is 2.72. The van der Waals surface area contributed by atoms with E-state index in [-0.39, 0.29) is 16.9 Å². The number of hydrogen-bond acceptors (Lipinski definition) is 2. The standard InChI is InChI=1S/C12H22N2O/c1-11(7-8-13-9-11)10(15)14-12(2)5-3-4-6-12/h13H,3-9H2,1-2H3,(H,14,15). The first-order chi connectivity index (χ1) is 7.04. The molecule has 3 nitrogen and oxygen atoms in total. The van der Waals surface area contributed by atoms with Crippen LogP contribution < -0.4 is 10.6 Å². The van der Waals surface area contributed by atoms with Gasteiger partial charge < -0.3 is 10.6 Å². The highest BCUT2D eigenvalue weighted by Crippen LogP contribution is 2.32. The van der Waals surface area contributed by atoms with Gasteiger partial charge in [0.05, 0.1) is 5.41 Å². The van der Waals surface area contributed by atoms with Crippen LogP contribution in [0.3, 0.4) is 0 Å². The van der Waals surface area contributed by atoms with E-state index >= 15 is 0 Å². The summed E-state index contributed by atoms with van der Waals surface area (Å²) in [6, 6.07) is 0. The highest BCUT2D eigenvalue weighted by atomic mass is 16.2. The second-order valence-corrected chi connectivity index (χ2v) is 5.71. The first-order valence-corrected chi connectivity index (χ1v) is 6.08. The molecule has 0 radical (unpaired) electrons. The van der Waals surface area contributed by atoms with Crippen molar-refractivity contribution in [3.63, 3.8) is 0 Å². The smallest absolute Gasteiger partial charge is 0.227 e. The largest absolute Gasteiger partial charge is 0.350 e. The monoisotopic (exact) mass is 210 g/mol. The van der Waals surface area contributed by atoms with Crippen LogP contribution in [0.5, 0.6) is 0 Å². The predicted octanol–water partition coefficient (Wildman–Crippen LogP) is 1.43. The van der Waals surface area contributed by atoms with Crippen molar-refractivity contribution in [2.75, 3.05) is 13.1 Å². The van der Waals surface area contributed by atoms with Gasteiger partial charge in [-0.2, -0.15) is 0 Å². The zero-order valence-electron chi connectivity index (χ0n) is 9.86. The molecule has 0 aromatic heterocycles. The molecule has 1 atom stereocenters. The van der Waals surface area contributed by atoms with Gasteiger partial charge in [-0.05, 0) is 39.7 Å². The lowest BCUT2D eigenvalue weighted by molar-refractivity contribution is -0.131. The minimum absolute atomic E-state index is 0.0721. The van der Waals surface area contributed by atoms with Gasteiger partial charge in [0, 0.05) is 12.1 Å². The van der Waals surface area contributed by atoms with Crippen molar-refractivity contribution < 1.29 is 4.79 Å². The van der Waals surface area contributed by atoms with E-state index < -0.39 is 0 Å². The summed E-state index contributed by atoms with van der Waals surface area (Å²) in [5.74, 6) is 0.247. The summed E-state index contributed by atoms with van der Waals surface area (Å²) < 4.78 is 0. The highest BCUT2D eigenvalue weighted by Gasteiger charge is 2.40. The molecule has 1 amide bonds. The van der Waals surface area contributed by atoms with Crippen molar-refractivity contribution in [2.24, 2.45) is 5.41 Å². The van der Waals surface area contributed by atoms with Crippen LogP contribution in [-0.2, 0) is 4.79 Å². The summed E-state index contributed by atoms with van der Waals surface area (Å²) in [6.07, 6.45) is 5.76. The Hall–Kier alpha value is -0.570. The first kappa shape index (κ1) is 10.9. The Kier molecular flexibility index (Phi) is 2.75. The molecule has 2 aliphatic rings. The Balaban J connectivity index is 1.96. The summed E-state index contributed by atoms with van der Waals surface area (Å²) in [5.41, 5.74) is -0.103. The van der Waals surface area contributed by atoms with Gasteiger partial charge >= 0.3 is 0 Å². The minimum Gasteiger partial charge on any atom is -0.350 e. The fraction of sp³-hybridized carbons (Fsp3) is 0.917. The van der Waals surface area contributed by atoms with Crippen LogP contribution in [0.1, 0.15) is 46.0 Å². The second-order valence-electron chi connectivity index (χ2n) is 5.71. The number of rotatable bonds is 2. The number of carbonyl (C=O) groups is 1. The van der Waals surface area contributed by atoms with Crippen molar-refractivity contribution in [3.05, 3.63) is 0 Å². The molecule has 1 saturated carbocycles. The van der Waals surface area contributed by atoms with E-state index in [1.165, 1.54) is 12.8 Å². The fourth-order valence-electron chi connectivity index (χ4n) is 2.72. The van der Waals surface area contributed by atoms with Crippen molar-refractivity contribution >= 4 is 5.91 Å². The van der Waals surface area contributed by atoms with E-state index in [1.807, 2.05) is 0 Å². The molecule has 2 N–H and O–H groups in total. The SMILES string of the molecule is CC1(NC(=O)C2(C)CCNC2)CCCC1. The van der Waals surface area contributed by atoms with Crippen molar-refractivity contribution in [2.45, 2.75) is 51.5 Å². The summed E-state index contributed by atoms with van der Waals surface area (Å²) in [6.45, 7) is 6.06. The Morgan fingerprint density at radius 3 is 2.40 bits per heavy atom. The summed E-state index contributed by atoms with van der Waals surface area (Å²) in [4.78, 5) is 12.2. The van der Waals surface area contributed by atoms with Crippen molar-refractivity contribution in [1.29, 1.82) is 0 Å². The van der Waals surface area contributed by atoms with Gasteiger partial charge in [0.1, 0.15) is 0 Å². The Labute approximate surface area is 92.0 Å². The summed E-state index contributed by atoms with van der Waals surface area (Å²) in [5, 5.41) is 6.53. The Bertz CT molecular complexity index is 250. The normalized spacial score (nSPS) is 34.3. The quantitative estimate of drug-likeness (QED) is 0.724. The average molecular weight is 210 g/mol. The third kappa shape index (κ3) is 2.17. The van der Waals surface area contributed by atoms with Crippen molar-refractivity contribution in [3.8, 4) is 0 Å². The van der Waals surface area contributed by atoms with Gasteiger partial charge in [0.2, 0.25) is 5.91 Å². The maximum atomic E-state index is 12.2. The molecule has 1 heterocycles. The molecule has 0 aromatic rings. The zero-order valence-corrected chi connectivity index (χ0v) is 9.86. The molecule has 2 rings (SSSR count). The van der Waals surface area contributed by atoms with Crippen LogP contribution in [-0.4, -0.2) is 24.5 Å². The van der Waals surface area contributed by atoms with Crippen LogP contribution in [0.4, 0.5) is 0 Å². The molecule has 0 aromatic carbocycles. The molecule has 2 fully saturated rings. The van der Waals surface area contributed by atoms with Crippen LogP contribution in [0, 0.1) is 5.41 Å². The van der Waals surface area contributed by atoms with Gasteiger partial charge in [0.15, 0.2) is 0 Å². The number of hydrogen-bond donors (Lipinski definition) is 2. The molecule has 3 heteroatoms. The maximum absolute atomic E-state index is 12.2. The first-order valence-electron chi connectivity index (χ1n) is 6.08. The van der Waals surface area contributed by atoms with Gasteiger partial charge in [-0.1, -0.05) is 12.8 Å². The lowest BCUT2D eigenvalue weighted by atomic mass is 9.87. The zero-order chi connectivity index (χ0) is 10.9. The van der Waals surface area contributed by atoms with E-state index in [9.17, 15) is 4.79 Å². The minimum atomic E-state index is -0.175. The number of amides is 1. The molecular formula is C12H22N2O. The van der Waals surface area contributed by atoms with Crippen LogP contribution in [0.2, 0.25) is 0 Å². The predicted molar refractivity (Wildman–Crippen MR) is 60.6 cm³/mol. The Morgan fingerprint density at radius 1 is 1.20 bits per heavy atom. The molecule has 86 valence electrons. The molecule has 1 unspecified atom stereocenters. The van der Waals surface area contributed by atoms with E-state index in [2.05, 4.69) is 24.5 Å². The lowest BCUT2D eigenvalue weighted by Gasteiger charge is -2.31. The van der Waals surface area contributed by atoms with E-state index in [0.717, 1.165) is 32.4 Å². The third-order valence-corrected chi connectivity index (χ3v) is 4.04. The van der Waals surface area contributed by atoms with E-state index in [0.29, 0.717) is 0 Å². The second kappa shape index (κ2) is 3.78. The van der Waals surface area contributed by atoms with Crippen molar-refractivity contribution in [1.82, 2.24) is 10.6 Å². The Morgan fingerprint density at radius 2 is 1.87 bits per heavy atom. The molecule has 0 bridgehead atoms.